The van der Waals surface area contributed by atoms with Gasteiger partial charge in [-0.25, -0.2) is 0 Å². The summed E-state index contributed by atoms with van der Waals surface area (Å²) in [6.07, 6.45) is 5.36. The second kappa shape index (κ2) is 12.4. The molecule has 0 saturated heterocycles. The molecule has 1 aliphatic carbocycles. The predicted octanol–water partition coefficient (Wildman–Crippen LogP) is 5.90. The molecule has 6 rings (SSSR count). The van der Waals surface area contributed by atoms with Crippen LogP contribution in [0.5, 0.6) is 28.7 Å². The molecule has 224 valence electrons. The highest BCUT2D eigenvalue weighted by molar-refractivity contribution is 5.88. The van der Waals surface area contributed by atoms with E-state index in [1.54, 1.807) is 28.4 Å². The number of carbonyl (C=O) groups is 1. The first-order valence-electron chi connectivity index (χ1n) is 14.8. The monoisotopic (exact) mass is 582 g/mol. The summed E-state index contributed by atoms with van der Waals surface area (Å²) < 4.78 is 28.7. The van der Waals surface area contributed by atoms with Gasteiger partial charge < -0.3 is 28.6 Å². The number of aryl methyl sites for hydroxylation is 1. The van der Waals surface area contributed by atoms with E-state index in [1.807, 2.05) is 59.5 Å². The number of hydrogen-bond donors (Lipinski definition) is 0. The van der Waals surface area contributed by atoms with E-state index in [1.165, 1.54) is 0 Å². The van der Waals surface area contributed by atoms with E-state index in [9.17, 15) is 4.79 Å². The Kier molecular flexibility index (Phi) is 8.27. The van der Waals surface area contributed by atoms with Crippen LogP contribution in [0.4, 0.5) is 0 Å². The second-order valence-corrected chi connectivity index (χ2v) is 11.0. The van der Waals surface area contributed by atoms with Crippen molar-refractivity contribution in [3.05, 3.63) is 82.5 Å². The number of benzene rings is 3. The molecule has 0 saturated carbocycles. The lowest BCUT2D eigenvalue weighted by Crippen LogP contribution is -2.43. The zero-order valence-corrected chi connectivity index (χ0v) is 25.3. The molecule has 8 nitrogen and oxygen atoms in total. The minimum Gasteiger partial charge on any atom is -0.493 e. The Morgan fingerprint density at radius 2 is 1.56 bits per heavy atom. The zero-order chi connectivity index (χ0) is 29.9. The predicted molar refractivity (Wildman–Crippen MR) is 165 cm³/mol. The van der Waals surface area contributed by atoms with Crippen molar-refractivity contribution in [1.29, 1.82) is 0 Å². The zero-order valence-electron chi connectivity index (χ0n) is 25.3. The lowest BCUT2D eigenvalue weighted by Gasteiger charge is -2.38. The molecule has 0 radical (unpaired) electrons. The number of methoxy groups -OCH3 is 4. The van der Waals surface area contributed by atoms with Gasteiger partial charge in [0.25, 0.3) is 5.91 Å². The number of aromatic nitrogens is 1. The highest BCUT2D eigenvalue weighted by atomic mass is 16.5. The van der Waals surface area contributed by atoms with E-state index in [2.05, 4.69) is 0 Å². The molecule has 1 amide bonds. The number of pyridine rings is 1. The van der Waals surface area contributed by atoms with Crippen molar-refractivity contribution in [1.82, 2.24) is 9.88 Å². The molecule has 1 aromatic heterocycles. The summed E-state index contributed by atoms with van der Waals surface area (Å²) in [4.78, 5) is 20.9. The second-order valence-electron chi connectivity index (χ2n) is 11.0. The molecule has 0 fully saturated rings. The molecule has 2 heterocycles. The van der Waals surface area contributed by atoms with E-state index < -0.39 is 0 Å². The summed E-state index contributed by atoms with van der Waals surface area (Å²) in [5.41, 5.74) is 6.34. The van der Waals surface area contributed by atoms with Gasteiger partial charge in [-0.1, -0.05) is 18.2 Å². The summed E-state index contributed by atoms with van der Waals surface area (Å²) in [6.45, 7) is 0.517. The maximum absolute atomic E-state index is 14.1. The summed E-state index contributed by atoms with van der Waals surface area (Å²) in [5, 5.41) is 0.957. The molecule has 3 aromatic carbocycles. The SMILES string of the molecule is COc1ccc(CC2c3cc(OC)c(OC)cc3CCN2C(=O)COc2c3c(nc4ccccc24)CCCC3)cc1OC. The quantitative estimate of drug-likeness (QED) is 0.243. The minimum absolute atomic E-state index is 0.0501. The van der Waals surface area contributed by atoms with Gasteiger partial charge >= 0.3 is 0 Å². The summed E-state index contributed by atoms with van der Waals surface area (Å²) in [6, 6.07) is 17.7. The number of amides is 1. The lowest BCUT2D eigenvalue weighted by molar-refractivity contribution is -0.136. The molecule has 1 atom stereocenters. The molecule has 4 aromatic rings. The molecule has 0 bridgehead atoms. The van der Waals surface area contributed by atoms with Gasteiger partial charge in [0.05, 0.1) is 40.0 Å². The van der Waals surface area contributed by atoms with E-state index in [4.69, 9.17) is 28.7 Å². The van der Waals surface area contributed by atoms with Gasteiger partial charge in [0.15, 0.2) is 29.6 Å². The standard InChI is InChI=1S/C35H38N2O6/c1-39-30-14-13-22(18-31(30)40-2)17-29-26-20-33(42-4)32(41-3)19-23(26)15-16-37(29)34(38)21-43-35-24-9-5-7-11-27(24)36-28-12-8-6-10-25(28)35/h5,7,9,11,13-14,18-20,29H,6,8,10,12,15-17,21H2,1-4H3. The van der Waals surface area contributed by atoms with Crippen molar-refractivity contribution in [2.24, 2.45) is 0 Å². The molecule has 43 heavy (non-hydrogen) atoms. The summed E-state index contributed by atoms with van der Waals surface area (Å²) >= 11 is 0. The third-order valence-electron chi connectivity index (χ3n) is 8.66. The van der Waals surface area contributed by atoms with Crippen LogP contribution in [0.25, 0.3) is 10.9 Å². The topological polar surface area (TPSA) is 79.4 Å². The largest absolute Gasteiger partial charge is 0.493 e. The Labute approximate surface area is 252 Å². The first-order valence-corrected chi connectivity index (χ1v) is 14.8. The average Bonchev–Trinajstić information content (AvgIpc) is 3.05. The number of ether oxygens (including phenoxy) is 5. The number of rotatable bonds is 9. The van der Waals surface area contributed by atoms with Crippen LogP contribution in [-0.2, 0) is 30.5 Å². The van der Waals surface area contributed by atoms with Crippen LogP contribution in [0.3, 0.4) is 0 Å². The van der Waals surface area contributed by atoms with Crippen LogP contribution in [-0.4, -0.2) is 57.4 Å². The van der Waals surface area contributed by atoms with Crippen molar-refractivity contribution < 1.29 is 28.5 Å². The number of nitrogens with zero attached hydrogens (tertiary/aromatic N) is 2. The molecular formula is C35H38N2O6. The molecular weight excluding hydrogens is 544 g/mol. The van der Waals surface area contributed by atoms with Gasteiger partial charge in [-0.05, 0) is 91.6 Å². The highest BCUT2D eigenvalue weighted by Gasteiger charge is 2.33. The van der Waals surface area contributed by atoms with Crippen LogP contribution >= 0.6 is 0 Å². The van der Waals surface area contributed by atoms with Crippen LogP contribution in [0.15, 0.2) is 54.6 Å². The third kappa shape index (κ3) is 5.54. The van der Waals surface area contributed by atoms with Gasteiger partial charge in [0, 0.05) is 23.2 Å². The Morgan fingerprint density at radius 3 is 2.35 bits per heavy atom. The molecule has 8 heteroatoms. The number of fused-ring (bicyclic) bond motifs is 3. The van der Waals surface area contributed by atoms with Crippen molar-refractivity contribution in [3.63, 3.8) is 0 Å². The van der Waals surface area contributed by atoms with Gasteiger partial charge in [-0.3, -0.25) is 9.78 Å². The van der Waals surface area contributed by atoms with E-state index in [-0.39, 0.29) is 18.6 Å². The van der Waals surface area contributed by atoms with Crippen molar-refractivity contribution in [2.75, 3.05) is 41.6 Å². The van der Waals surface area contributed by atoms with Gasteiger partial charge in [-0.2, -0.15) is 0 Å². The molecule has 0 N–H and O–H groups in total. The Hall–Kier alpha value is -4.46. The van der Waals surface area contributed by atoms with Gasteiger partial charge in [0.1, 0.15) is 5.75 Å². The van der Waals surface area contributed by atoms with E-state index in [0.717, 1.165) is 70.3 Å². The minimum atomic E-state index is -0.235. The van der Waals surface area contributed by atoms with Gasteiger partial charge in [0.2, 0.25) is 0 Å². The van der Waals surface area contributed by atoms with E-state index in [0.29, 0.717) is 42.4 Å². The van der Waals surface area contributed by atoms with Crippen LogP contribution < -0.4 is 23.7 Å². The fourth-order valence-electron chi connectivity index (χ4n) is 6.49. The highest BCUT2D eigenvalue weighted by Crippen LogP contribution is 2.41. The Bertz CT molecular complexity index is 1650. The maximum atomic E-state index is 14.1. The Morgan fingerprint density at radius 1 is 0.837 bits per heavy atom. The number of hydrogen-bond acceptors (Lipinski definition) is 7. The van der Waals surface area contributed by atoms with Crippen molar-refractivity contribution in [2.45, 2.75) is 44.6 Å². The first-order chi connectivity index (χ1) is 21.0. The normalized spacial score (nSPS) is 15.8. The maximum Gasteiger partial charge on any atom is 0.261 e. The number of carbonyl (C=O) groups excluding carboxylic acids is 1. The lowest BCUT2D eigenvalue weighted by atomic mass is 9.88. The average molecular weight is 583 g/mol. The summed E-state index contributed by atoms with van der Waals surface area (Å²) in [7, 11) is 6.53. The first kappa shape index (κ1) is 28.6. The van der Waals surface area contributed by atoms with Gasteiger partial charge in [-0.15, -0.1) is 0 Å². The third-order valence-corrected chi connectivity index (χ3v) is 8.66. The van der Waals surface area contributed by atoms with Crippen molar-refractivity contribution >= 4 is 16.8 Å². The fraction of sp³-hybridized carbons (Fsp3) is 0.371. The molecule has 1 unspecified atom stereocenters. The molecule has 1 aliphatic heterocycles. The number of para-hydroxylation sites is 1. The van der Waals surface area contributed by atoms with Crippen LogP contribution in [0, 0.1) is 0 Å². The fourth-order valence-corrected chi connectivity index (χ4v) is 6.49. The smallest absolute Gasteiger partial charge is 0.261 e. The van der Waals surface area contributed by atoms with Crippen LogP contribution in [0.1, 0.15) is 46.8 Å². The molecule has 2 aliphatic rings. The Balaban J connectivity index is 1.34. The molecule has 0 spiro atoms. The van der Waals surface area contributed by atoms with Crippen LogP contribution in [0.2, 0.25) is 0 Å². The van der Waals surface area contributed by atoms with E-state index >= 15 is 0 Å². The summed E-state index contributed by atoms with van der Waals surface area (Å²) in [5.74, 6) is 3.38. The van der Waals surface area contributed by atoms with Crippen molar-refractivity contribution in [3.8, 4) is 28.7 Å².